The van der Waals surface area contributed by atoms with E-state index in [9.17, 15) is 4.79 Å². The number of nitrogens with one attached hydrogen (secondary N) is 2. The largest absolute Gasteiger partial charge is 0.379 e. The molecule has 2 aromatic carbocycles. The van der Waals surface area contributed by atoms with Crippen LogP contribution in [0.1, 0.15) is 30.0 Å². The molecule has 1 atom stereocenters. The molecule has 0 aromatic heterocycles. The predicted molar refractivity (Wildman–Crippen MR) is 110 cm³/mol. The molecule has 1 aliphatic heterocycles. The highest BCUT2D eigenvalue weighted by Gasteiger charge is 2.44. The topological polar surface area (TPSA) is 53.6 Å². The van der Waals surface area contributed by atoms with Crippen LogP contribution in [-0.2, 0) is 10.2 Å². The van der Waals surface area contributed by atoms with Gasteiger partial charge < -0.3 is 15.4 Å². The number of amides is 2. The molecule has 4 rings (SSSR count). The van der Waals surface area contributed by atoms with Crippen molar-refractivity contribution in [3.05, 3.63) is 71.8 Å². The van der Waals surface area contributed by atoms with E-state index in [0.29, 0.717) is 6.54 Å². The van der Waals surface area contributed by atoms with Gasteiger partial charge in [-0.1, -0.05) is 60.7 Å². The summed E-state index contributed by atoms with van der Waals surface area (Å²) in [4.78, 5) is 15.1. The van der Waals surface area contributed by atoms with Gasteiger partial charge in [0, 0.05) is 31.6 Å². The van der Waals surface area contributed by atoms with E-state index in [-0.39, 0.29) is 17.5 Å². The Bertz CT molecular complexity index is 756. The molecule has 2 aliphatic rings. The molecular weight excluding hydrogens is 350 g/mol. The minimum absolute atomic E-state index is 0.0359. The van der Waals surface area contributed by atoms with Crippen molar-refractivity contribution < 1.29 is 9.53 Å². The van der Waals surface area contributed by atoms with Crippen LogP contribution in [0, 0.1) is 0 Å². The highest BCUT2D eigenvalue weighted by atomic mass is 16.5. The normalized spacial score (nSPS) is 19.6. The zero-order valence-corrected chi connectivity index (χ0v) is 16.3. The quantitative estimate of drug-likeness (QED) is 0.777. The Balaban J connectivity index is 1.36. The molecule has 2 fully saturated rings. The zero-order valence-electron chi connectivity index (χ0n) is 16.3. The number of morpholine rings is 1. The first-order chi connectivity index (χ1) is 13.8. The third-order valence-electron chi connectivity index (χ3n) is 5.88. The first kappa shape index (κ1) is 19.0. The Labute approximate surface area is 167 Å². The van der Waals surface area contributed by atoms with E-state index in [0.717, 1.165) is 51.3 Å². The lowest BCUT2D eigenvalue weighted by Gasteiger charge is -2.31. The van der Waals surface area contributed by atoms with Crippen LogP contribution in [0.4, 0.5) is 4.79 Å². The van der Waals surface area contributed by atoms with Crippen molar-refractivity contribution >= 4 is 6.03 Å². The fourth-order valence-electron chi connectivity index (χ4n) is 3.93. The molecular formula is C23H29N3O2. The maximum Gasteiger partial charge on any atom is 0.315 e. The number of rotatable bonds is 7. The first-order valence-corrected chi connectivity index (χ1v) is 10.2. The van der Waals surface area contributed by atoms with E-state index in [1.165, 1.54) is 5.56 Å². The van der Waals surface area contributed by atoms with E-state index in [1.807, 2.05) is 24.3 Å². The molecule has 2 N–H and O–H groups in total. The van der Waals surface area contributed by atoms with E-state index in [2.05, 4.69) is 51.9 Å². The van der Waals surface area contributed by atoms with Gasteiger partial charge in [0.05, 0.1) is 19.3 Å². The fourth-order valence-corrected chi connectivity index (χ4v) is 3.93. The molecule has 2 aromatic rings. The summed E-state index contributed by atoms with van der Waals surface area (Å²) in [6, 6.07) is 20.6. The number of urea groups is 1. The molecule has 5 nitrogen and oxygen atoms in total. The summed E-state index contributed by atoms with van der Waals surface area (Å²) in [5.74, 6) is 0. The van der Waals surface area contributed by atoms with Crippen LogP contribution in [0.2, 0.25) is 0 Å². The number of ether oxygens (including phenoxy) is 1. The minimum Gasteiger partial charge on any atom is -0.379 e. The molecule has 1 aliphatic carbocycles. The summed E-state index contributed by atoms with van der Waals surface area (Å²) in [6.45, 7) is 4.81. The Morgan fingerprint density at radius 1 is 1.00 bits per heavy atom. The maximum atomic E-state index is 12.7. The van der Waals surface area contributed by atoms with Crippen LogP contribution >= 0.6 is 0 Å². The van der Waals surface area contributed by atoms with Crippen molar-refractivity contribution in [2.45, 2.75) is 24.3 Å². The molecule has 1 heterocycles. The highest BCUT2D eigenvalue weighted by Crippen LogP contribution is 2.47. The van der Waals surface area contributed by atoms with E-state index in [1.54, 1.807) is 0 Å². The molecule has 0 radical (unpaired) electrons. The smallest absolute Gasteiger partial charge is 0.315 e. The van der Waals surface area contributed by atoms with Crippen LogP contribution in [0.3, 0.4) is 0 Å². The molecule has 148 valence electrons. The third-order valence-corrected chi connectivity index (χ3v) is 5.88. The molecule has 2 amide bonds. The van der Waals surface area contributed by atoms with E-state index < -0.39 is 0 Å². The number of benzene rings is 2. The third kappa shape index (κ3) is 4.72. The van der Waals surface area contributed by atoms with Crippen molar-refractivity contribution in [2.75, 3.05) is 39.4 Å². The first-order valence-electron chi connectivity index (χ1n) is 10.2. The van der Waals surface area contributed by atoms with Crippen LogP contribution in [0.5, 0.6) is 0 Å². The lowest BCUT2D eigenvalue weighted by atomic mass is 9.96. The van der Waals surface area contributed by atoms with Gasteiger partial charge in [-0.2, -0.15) is 0 Å². The van der Waals surface area contributed by atoms with Gasteiger partial charge in [0.25, 0.3) is 0 Å². The molecule has 1 unspecified atom stereocenters. The van der Waals surface area contributed by atoms with Crippen molar-refractivity contribution in [1.29, 1.82) is 0 Å². The Hall–Kier alpha value is -2.37. The van der Waals surface area contributed by atoms with Crippen LogP contribution in [0.25, 0.3) is 0 Å². The second-order valence-electron chi connectivity index (χ2n) is 7.85. The number of hydrogen-bond donors (Lipinski definition) is 2. The zero-order chi connectivity index (χ0) is 19.2. The average Bonchev–Trinajstić information content (AvgIpc) is 3.55. The molecule has 0 bridgehead atoms. The van der Waals surface area contributed by atoms with Crippen molar-refractivity contribution in [1.82, 2.24) is 15.5 Å². The van der Waals surface area contributed by atoms with Gasteiger partial charge in [-0.05, 0) is 24.0 Å². The molecule has 0 spiro atoms. The predicted octanol–water partition coefficient (Wildman–Crippen LogP) is 3.09. The summed E-state index contributed by atoms with van der Waals surface area (Å²) in [5.41, 5.74) is 2.57. The SMILES string of the molecule is O=C(NCC1(c2ccccc2)CC1)NC(CN1CCOCC1)c1ccccc1. The van der Waals surface area contributed by atoms with E-state index >= 15 is 0 Å². The van der Waals surface area contributed by atoms with Crippen molar-refractivity contribution in [3.63, 3.8) is 0 Å². The van der Waals surface area contributed by atoms with Crippen LogP contribution in [0.15, 0.2) is 60.7 Å². The number of carbonyl (C=O) groups excluding carboxylic acids is 1. The van der Waals surface area contributed by atoms with Crippen molar-refractivity contribution in [3.8, 4) is 0 Å². The van der Waals surface area contributed by atoms with Crippen molar-refractivity contribution in [2.24, 2.45) is 0 Å². The summed E-state index contributed by atoms with van der Waals surface area (Å²) in [5, 5.41) is 6.33. The molecule has 1 saturated carbocycles. The fraction of sp³-hybridized carbons (Fsp3) is 0.435. The second-order valence-corrected chi connectivity index (χ2v) is 7.85. The summed E-state index contributed by atoms with van der Waals surface area (Å²) in [6.07, 6.45) is 2.26. The van der Waals surface area contributed by atoms with Crippen LogP contribution < -0.4 is 10.6 Å². The van der Waals surface area contributed by atoms with Gasteiger partial charge in [-0.3, -0.25) is 4.90 Å². The Morgan fingerprint density at radius 3 is 2.29 bits per heavy atom. The van der Waals surface area contributed by atoms with Gasteiger partial charge in [0.2, 0.25) is 0 Å². The standard InChI is InChI=1S/C23H29N3O2/c27-22(24-18-23(11-12-23)20-9-5-2-6-10-20)25-21(19-7-3-1-4-8-19)17-26-13-15-28-16-14-26/h1-10,21H,11-18H2,(H2,24,25,27). The summed E-state index contributed by atoms with van der Waals surface area (Å²) >= 11 is 0. The Morgan fingerprint density at radius 2 is 1.64 bits per heavy atom. The molecule has 5 heteroatoms. The number of carbonyl (C=O) groups is 1. The number of nitrogens with zero attached hydrogens (tertiary/aromatic N) is 1. The Kier molecular flexibility index (Phi) is 5.93. The molecule has 28 heavy (non-hydrogen) atoms. The van der Waals surface area contributed by atoms with Gasteiger partial charge in [0.15, 0.2) is 0 Å². The molecule has 1 saturated heterocycles. The lowest BCUT2D eigenvalue weighted by Crippen LogP contribution is -2.46. The second kappa shape index (κ2) is 8.76. The summed E-state index contributed by atoms with van der Waals surface area (Å²) in [7, 11) is 0. The van der Waals surface area contributed by atoms with Gasteiger partial charge >= 0.3 is 6.03 Å². The lowest BCUT2D eigenvalue weighted by molar-refractivity contribution is 0.0339. The van der Waals surface area contributed by atoms with Gasteiger partial charge in [-0.15, -0.1) is 0 Å². The van der Waals surface area contributed by atoms with Gasteiger partial charge in [0.1, 0.15) is 0 Å². The minimum atomic E-state index is -0.0932. The van der Waals surface area contributed by atoms with E-state index in [4.69, 9.17) is 4.74 Å². The maximum absolute atomic E-state index is 12.7. The summed E-state index contributed by atoms with van der Waals surface area (Å²) < 4.78 is 5.45. The van der Waals surface area contributed by atoms with Gasteiger partial charge in [-0.25, -0.2) is 4.79 Å². The van der Waals surface area contributed by atoms with Crippen LogP contribution in [-0.4, -0.2) is 50.3 Å². The average molecular weight is 380 g/mol. The highest BCUT2D eigenvalue weighted by molar-refractivity contribution is 5.74. The monoisotopic (exact) mass is 379 g/mol. The number of hydrogen-bond acceptors (Lipinski definition) is 3.